The molecule has 2 atom stereocenters. The molecular weight excluding hydrogens is 354 g/mol. The van der Waals surface area contributed by atoms with Crippen LogP contribution in [0.15, 0.2) is 54.6 Å². The van der Waals surface area contributed by atoms with Crippen molar-refractivity contribution in [2.45, 2.75) is 39.1 Å². The molecular formula is C23H33NO4. The van der Waals surface area contributed by atoms with Crippen molar-refractivity contribution in [2.24, 2.45) is 11.8 Å². The molecule has 2 unspecified atom stereocenters. The van der Waals surface area contributed by atoms with Gasteiger partial charge in [-0.2, -0.15) is 0 Å². The third-order valence-corrected chi connectivity index (χ3v) is 5.52. The summed E-state index contributed by atoms with van der Waals surface area (Å²) in [5.41, 5.74) is 1.70. The van der Waals surface area contributed by atoms with E-state index in [1.807, 2.05) is 23.1 Å². The number of hydrogen-bond acceptors (Lipinski definition) is 5. The molecule has 1 heterocycles. The fourth-order valence-electron chi connectivity index (χ4n) is 4.16. The fraction of sp³-hybridized carbons (Fsp3) is 0.478. The van der Waals surface area contributed by atoms with Crippen LogP contribution >= 0.6 is 0 Å². The first-order chi connectivity index (χ1) is 12.8. The van der Waals surface area contributed by atoms with Gasteiger partial charge >= 0.3 is 0 Å². The lowest BCUT2D eigenvalue weighted by molar-refractivity contribution is -0.181. The van der Waals surface area contributed by atoms with Crippen molar-refractivity contribution in [3.8, 4) is 5.75 Å². The van der Waals surface area contributed by atoms with Gasteiger partial charge in [-0.25, -0.2) is 0 Å². The predicted octanol–water partition coefficient (Wildman–Crippen LogP) is 2.86. The highest BCUT2D eigenvalue weighted by atomic mass is 16.5. The van der Waals surface area contributed by atoms with Gasteiger partial charge in [0, 0.05) is 18.7 Å². The lowest BCUT2D eigenvalue weighted by Gasteiger charge is -2.28. The zero-order valence-corrected chi connectivity index (χ0v) is 15.7. The Kier molecular flexibility index (Phi) is 7.61. The maximum Gasteiger partial charge on any atom is 0.203 e. The van der Waals surface area contributed by atoms with Gasteiger partial charge in [0.25, 0.3) is 0 Å². The van der Waals surface area contributed by atoms with E-state index in [0.29, 0.717) is 17.4 Å². The molecule has 1 saturated carbocycles. The Morgan fingerprint density at radius 3 is 1.93 bits per heavy atom. The Labute approximate surface area is 167 Å². The molecule has 154 valence electrons. The number of aryl methyl sites for hydroxylation is 1. The average Bonchev–Trinajstić information content (AvgIpc) is 3.12. The average molecular weight is 388 g/mol. The quantitative estimate of drug-likeness (QED) is 0.609. The highest BCUT2D eigenvalue weighted by molar-refractivity contribution is 5.28. The number of phenolic OH excluding ortho intramolecular Hbond substituents is 1. The molecule has 0 radical (unpaired) electrons. The first-order valence-corrected chi connectivity index (χ1v) is 9.50. The molecule has 5 heteroatoms. The van der Waals surface area contributed by atoms with Crippen molar-refractivity contribution in [1.29, 1.82) is 0 Å². The van der Waals surface area contributed by atoms with Crippen LogP contribution in [0, 0.1) is 18.8 Å². The topological polar surface area (TPSA) is 84.2 Å². The smallest absolute Gasteiger partial charge is 0.203 e. The van der Waals surface area contributed by atoms with Crippen LogP contribution in [-0.4, -0.2) is 51.1 Å². The van der Waals surface area contributed by atoms with Gasteiger partial charge in [0.2, 0.25) is 5.79 Å². The molecule has 4 rings (SSSR count). The number of β-amino-alcohol motifs (C(OH)–C–C–N with tert-alkyl or cyclic N) is 2. The molecule has 0 spiro atoms. The van der Waals surface area contributed by atoms with Crippen molar-refractivity contribution in [3.63, 3.8) is 0 Å². The number of phenols is 1. The van der Waals surface area contributed by atoms with Crippen LogP contribution in [0.25, 0.3) is 0 Å². The van der Waals surface area contributed by atoms with Crippen LogP contribution in [0.4, 0.5) is 0 Å². The molecule has 28 heavy (non-hydrogen) atoms. The standard InChI is InChI=1S/C15H21NO4.C7H8.CH4/c17-13-3-1-12(2-4-13)15(19,20)9-16-7-10-5-14(18)6-11(10)8-16;1-7-5-3-2-4-6-7;/h1-4,10-11,14,17-20H,5-9H2;2-6H,1H3;1H4. The summed E-state index contributed by atoms with van der Waals surface area (Å²) in [6.07, 6.45) is 1.46. The molecule has 5 nitrogen and oxygen atoms in total. The summed E-state index contributed by atoms with van der Waals surface area (Å²) in [4.78, 5) is 2.05. The van der Waals surface area contributed by atoms with E-state index in [4.69, 9.17) is 0 Å². The molecule has 0 bridgehead atoms. The zero-order valence-electron chi connectivity index (χ0n) is 15.7. The molecule has 2 aliphatic rings. The maximum atomic E-state index is 10.2. The number of benzene rings is 2. The zero-order chi connectivity index (χ0) is 19.4. The van der Waals surface area contributed by atoms with Crippen LogP contribution in [-0.2, 0) is 5.79 Å². The number of fused-ring (bicyclic) bond motifs is 1. The van der Waals surface area contributed by atoms with Crippen molar-refractivity contribution in [1.82, 2.24) is 4.90 Å². The van der Waals surface area contributed by atoms with Crippen LogP contribution < -0.4 is 0 Å². The predicted molar refractivity (Wildman–Crippen MR) is 111 cm³/mol. The molecule has 1 aliphatic carbocycles. The lowest BCUT2D eigenvalue weighted by Crippen LogP contribution is -2.40. The fourth-order valence-corrected chi connectivity index (χ4v) is 4.16. The van der Waals surface area contributed by atoms with Crippen LogP contribution in [0.2, 0.25) is 0 Å². The summed E-state index contributed by atoms with van der Waals surface area (Å²) in [6.45, 7) is 3.85. The maximum absolute atomic E-state index is 10.2. The summed E-state index contributed by atoms with van der Waals surface area (Å²) in [5.74, 6) is -0.860. The summed E-state index contributed by atoms with van der Waals surface area (Å²) >= 11 is 0. The molecule has 0 amide bonds. The van der Waals surface area contributed by atoms with Gasteiger partial charge in [-0.3, -0.25) is 4.90 Å². The van der Waals surface area contributed by atoms with Crippen molar-refractivity contribution in [2.75, 3.05) is 19.6 Å². The van der Waals surface area contributed by atoms with Gasteiger partial charge in [-0.1, -0.05) is 43.3 Å². The number of likely N-dealkylation sites (tertiary alicyclic amines) is 1. The first-order valence-electron chi connectivity index (χ1n) is 9.50. The summed E-state index contributed by atoms with van der Waals surface area (Å²) in [5, 5.41) is 39.3. The highest BCUT2D eigenvalue weighted by Gasteiger charge is 2.42. The van der Waals surface area contributed by atoms with E-state index in [2.05, 4.69) is 19.1 Å². The monoisotopic (exact) mass is 387 g/mol. The Morgan fingerprint density at radius 1 is 0.929 bits per heavy atom. The summed E-state index contributed by atoms with van der Waals surface area (Å²) < 4.78 is 0. The second kappa shape index (κ2) is 9.52. The molecule has 1 saturated heterocycles. The Balaban J connectivity index is 0.000000298. The second-order valence-electron chi connectivity index (χ2n) is 7.86. The van der Waals surface area contributed by atoms with Crippen LogP contribution in [0.1, 0.15) is 31.4 Å². The van der Waals surface area contributed by atoms with Crippen molar-refractivity contribution in [3.05, 3.63) is 65.7 Å². The van der Waals surface area contributed by atoms with Gasteiger partial charge in [-0.05, 0) is 55.9 Å². The molecule has 2 fully saturated rings. The highest BCUT2D eigenvalue weighted by Crippen LogP contribution is 2.38. The van der Waals surface area contributed by atoms with Crippen molar-refractivity contribution >= 4 is 0 Å². The minimum atomic E-state index is -1.91. The normalized spacial score (nSPS) is 24.1. The van der Waals surface area contributed by atoms with Crippen LogP contribution in [0.3, 0.4) is 0 Å². The van der Waals surface area contributed by atoms with Crippen LogP contribution in [0.5, 0.6) is 5.75 Å². The van der Waals surface area contributed by atoms with Gasteiger partial charge in [0.1, 0.15) is 5.75 Å². The van der Waals surface area contributed by atoms with E-state index >= 15 is 0 Å². The third-order valence-electron chi connectivity index (χ3n) is 5.52. The minimum Gasteiger partial charge on any atom is -0.508 e. The van der Waals surface area contributed by atoms with E-state index < -0.39 is 5.79 Å². The van der Waals surface area contributed by atoms with E-state index in [1.165, 1.54) is 29.8 Å². The van der Waals surface area contributed by atoms with E-state index in [1.54, 1.807) is 0 Å². The number of rotatable bonds is 3. The lowest BCUT2D eigenvalue weighted by atomic mass is 10.0. The molecule has 0 aromatic heterocycles. The largest absolute Gasteiger partial charge is 0.508 e. The van der Waals surface area contributed by atoms with Gasteiger partial charge in [0.05, 0.1) is 12.6 Å². The number of aliphatic hydroxyl groups is 3. The molecule has 1 aliphatic heterocycles. The summed E-state index contributed by atoms with van der Waals surface area (Å²) in [7, 11) is 0. The Hall–Kier alpha value is -1.92. The van der Waals surface area contributed by atoms with Gasteiger partial charge < -0.3 is 20.4 Å². The molecule has 2 aromatic carbocycles. The first kappa shape index (κ1) is 22.4. The van der Waals surface area contributed by atoms with E-state index in [0.717, 1.165) is 25.9 Å². The SMILES string of the molecule is C.Cc1ccccc1.Oc1ccc(C(O)(O)CN2CC3CC(O)CC3C2)cc1. The minimum absolute atomic E-state index is 0. The number of nitrogens with zero attached hydrogens (tertiary/aromatic N) is 1. The summed E-state index contributed by atoms with van der Waals surface area (Å²) in [6, 6.07) is 16.2. The van der Waals surface area contributed by atoms with Gasteiger partial charge in [0.15, 0.2) is 0 Å². The van der Waals surface area contributed by atoms with Crippen molar-refractivity contribution < 1.29 is 20.4 Å². The third kappa shape index (κ3) is 5.79. The number of hydrogen-bond donors (Lipinski definition) is 4. The second-order valence-corrected chi connectivity index (χ2v) is 7.86. The number of aromatic hydroxyl groups is 1. The van der Waals surface area contributed by atoms with E-state index in [-0.39, 0.29) is 25.8 Å². The number of aliphatic hydroxyl groups excluding tert-OH is 1. The molecule has 2 aromatic rings. The Morgan fingerprint density at radius 2 is 1.46 bits per heavy atom. The Bertz CT molecular complexity index is 703. The van der Waals surface area contributed by atoms with Gasteiger partial charge in [-0.15, -0.1) is 0 Å². The van der Waals surface area contributed by atoms with E-state index in [9.17, 15) is 20.4 Å². The molecule has 4 N–H and O–H groups in total.